The molecule has 0 N–H and O–H groups in total. The van der Waals surface area contributed by atoms with E-state index in [1.807, 2.05) is 12.1 Å². The van der Waals surface area contributed by atoms with E-state index in [4.69, 9.17) is 0 Å². The van der Waals surface area contributed by atoms with E-state index >= 15 is 0 Å². The van der Waals surface area contributed by atoms with E-state index in [0.717, 1.165) is 19.0 Å². The Morgan fingerprint density at radius 3 is 2.35 bits per heavy atom. The van der Waals surface area contributed by atoms with Crippen molar-refractivity contribution in [1.82, 2.24) is 4.90 Å². The van der Waals surface area contributed by atoms with Gasteiger partial charge in [-0.2, -0.15) is 0 Å². The van der Waals surface area contributed by atoms with Crippen LogP contribution in [0.3, 0.4) is 0 Å². The monoisotopic (exact) mass is 393 g/mol. The molecule has 0 saturated carbocycles. The van der Waals surface area contributed by atoms with Crippen molar-refractivity contribution < 1.29 is 9.59 Å². The van der Waals surface area contributed by atoms with Crippen molar-refractivity contribution in [1.29, 1.82) is 0 Å². The summed E-state index contributed by atoms with van der Waals surface area (Å²) in [4.78, 5) is 25.3. The highest BCUT2D eigenvalue weighted by atomic mass is 127. The summed E-state index contributed by atoms with van der Waals surface area (Å²) in [5, 5.41) is 2.20. The highest BCUT2D eigenvalue weighted by Crippen LogP contribution is 2.38. The van der Waals surface area contributed by atoms with Crippen LogP contribution in [0, 0.1) is 3.57 Å². The molecule has 2 aromatic carbocycles. The maximum Gasteiger partial charge on any atom is 0.261 e. The number of fused-ring (bicyclic) bond motifs is 4. The normalized spacial score (nSPS) is 14.6. The van der Waals surface area contributed by atoms with Gasteiger partial charge in [-0.05, 0) is 52.9 Å². The average molecular weight is 393 g/mol. The number of rotatable bonds is 0. The molecule has 0 saturated heterocycles. The fourth-order valence-electron chi connectivity index (χ4n) is 2.60. The number of amides is 2. The topological polar surface area (TPSA) is 37.4 Å². The SMILES string of the molecule is CN1C(=O)c2cc3sc4ccc(I)cc4c3cc2C1=O. The number of carbonyl (C=O) groups is 2. The van der Waals surface area contributed by atoms with Crippen molar-refractivity contribution in [2.75, 3.05) is 7.05 Å². The van der Waals surface area contributed by atoms with Crippen LogP contribution in [-0.4, -0.2) is 23.8 Å². The number of imide groups is 1. The molecule has 0 bridgehead atoms. The fourth-order valence-corrected chi connectivity index (χ4v) is 4.20. The molecular weight excluding hydrogens is 385 g/mol. The van der Waals surface area contributed by atoms with E-state index in [1.165, 1.54) is 16.6 Å². The van der Waals surface area contributed by atoms with Crippen molar-refractivity contribution in [3.05, 3.63) is 45.0 Å². The van der Waals surface area contributed by atoms with Crippen molar-refractivity contribution in [3.63, 3.8) is 0 Å². The van der Waals surface area contributed by atoms with Crippen molar-refractivity contribution in [2.45, 2.75) is 0 Å². The molecule has 2 heterocycles. The lowest BCUT2D eigenvalue weighted by Crippen LogP contribution is -2.24. The van der Waals surface area contributed by atoms with Gasteiger partial charge >= 0.3 is 0 Å². The summed E-state index contributed by atoms with van der Waals surface area (Å²) in [6.45, 7) is 0. The van der Waals surface area contributed by atoms with Crippen molar-refractivity contribution >= 4 is 65.9 Å². The van der Waals surface area contributed by atoms with Gasteiger partial charge in [-0.3, -0.25) is 14.5 Å². The van der Waals surface area contributed by atoms with E-state index in [9.17, 15) is 9.59 Å². The first-order chi connectivity index (χ1) is 9.56. The van der Waals surface area contributed by atoms with Gasteiger partial charge in [0.15, 0.2) is 0 Å². The standard InChI is InChI=1S/C15H8INO2S/c1-17-14(18)10-5-9-8-4-7(16)2-3-12(8)20-13(9)6-11(10)15(17)19/h2-6H,1H3. The summed E-state index contributed by atoms with van der Waals surface area (Å²) in [5.41, 5.74) is 1.04. The Morgan fingerprint density at radius 1 is 0.950 bits per heavy atom. The summed E-state index contributed by atoms with van der Waals surface area (Å²) in [5.74, 6) is -0.421. The van der Waals surface area contributed by atoms with E-state index < -0.39 is 0 Å². The predicted octanol–water partition coefficient (Wildman–Crippen LogP) is 3.88. The number of benzene rings is 2. The number of hydrogen-bond acceptors (Lipinski definition) is 3. The third kappa shape index (κ3) is 1.50. The minimum Gasteiger partial charge on any atom is -0.277 e. The summed E-state index contributed by atoms with van der Waals surface area (Å²) in [6.07, 6.45) is 0. The van der Waals surface area contributed by atoms with E-state index in [2.05, 4.69) is 40.8 Å². The van der Waals surface area contributed by atoms with Crippen LogP contribution in [-0.2, 0) is 0 Å². The Bertz CT molecular complexity index is 928. The molecule has 0 aliphatic carbocycles. The number of hydrogen-bond donors (Lipinski definition) is 0. The third-order valence-corrected chi connectivity index (χ3v) is 5.45. The number of halogens is 1. The van der Waals surface area contributed by atoms with Crippen molar-refractivity contribution in [2.24, 2.45) is 0 Å². The Hall–Kier alpha value is -1.47. The molecule has 4 rings (SSSR count). The number of thiophene rings is 1. The Labute approximate surface area is 132 Å². The Balaban J connectivity index is 2.14. The molecule has 20 heavy (non-hydrogen) atoms. The van der Waals surface area contributed by atoms with Gasteiger partial charge in [-0.1, -0.05) is 0 Å². The Morgan fingerprint density at radius 2 is 1.60 bits per heavy atom. The predicted molar refractivity (Wildman–Crippen MR) is 88.5 cm³/mol. The average Bonchev–Trinajstić information content (AvgIpc) is 2.89. The molecule has 5 heteroatoms. The largest absolute Gasteiger partial charge is 0.277 e. The summed E-state index contributed by atoms with van der Waals surface area (Å²) >= 11 is 3.94. The second kappa shape index (κ2) is 4.02. The van der Waals surface area contributed by atoms with Gasteiger partial charge in [0, 0.05) is 30.8 Å². The van der Waals surface area contributed by atoms with Crippen LogP contribution < -0.4 is 0 Å². The van der Waals surface area contributed by atoms with Crippen LogP contribution in [0.2, 0.25) is 0 Å². The molecule has 2 amide bonds. The van der Waals surface area contributed by atoms with Gasteiger partial charge in [-0.15, -0.1) is 11.3 Å². The molecule has 1 aliphatic heterocycles. The van der Waals surface area contributed by atoms with Gasteiger partial charge in [0.05, 0.1) is 11.1 Å². The molecule has 0 spiro atoms. The zero-order chi connectivity index (χ0) is 14.0. The van der Waals surface area contributed by atoms with Crippen LogP contribution in [0.5, 0.6) is 0 Å². The van der Waals surface area contributed by atoms with Crippen LogP contribution in [0.1, 0.15) is 20.7 Å². The molecule has 3 nitrogen and oxygen atoms in total. The van der Waals surface area contributed by atoms with Crippen LogP contribution in [0.15, 0.2) is 30.3 Å². The Kier molecular flexibility index (Phi) is 2.47. The van der Waals surface area contributed by atoms with Gasteiger partial charge in [-0.25, -0.2) is 0 Å². The summed E-state index contributed by atoms with van der Waals surface area (Å²) < 4.78 is 3.39. The van der Waals surface area contributed by atoms with Gasteiger partial charge in [0.2, 0.25) is 0 Å². The zero-order valence-electron chi connectivity index (χ0n) is 10.4. The molecule has 1 aliphatic rings. The van der Waals surface area contributed by atoms with E-state index in [1.54, 1.807) is 11.3 Å². The highest BCUT2D eigenvalue weighted by molar-refractivity contribution is 14.1. The lowest BCUT2D eigenvalue weighted by Gasteiger charge is -2.02. The second-order valence-electron chi connectivity index (χ2n) is 4.81. The van der Waals surface area contributed by atoms with Gasteiger partial charge < -0.3 is 0 Å². The van der Waals surface area contributed by atoms with Crippen LogP contribution >= 0.6 is 33.9 Å². The molecule has 3 aromatic rings. The first-order valence-corrected chi connectivity index (χ1v) is 7.94. The number of nitrogens with zero attached hydrogens (tertiary/aromatic N) is 1. The van der Waals surface area contributed by atoms with Gasteiger partial charge in [0.25, 0.3) is 11.8 Å². The second-order valence-corrected chi connectivity index (χ2v) is 7.14. The number of carbonyl (C=O) groups excluding carboxylic acids is 2. The van der Waals surface area contributed by atoms with E-state index in [0.29, 0.717) is 11.1 Å². The maximum atomic E-state index is 12.1. The minimum atomic E-state index is -0.211. The minimum absolute atomic E-state index is 0.209. The lowest BCUT2D eigenvalue weighted by molar-refractivity contribution is 0.0693. The molecule has 0 atom stereocenters. The molecule has 1 aromatic heterocycles. The van der Waals surface area contributed by atoms with E-state index in [-0.39, 0.29) is 11.8 Å². The molecule has 0 radical (unpaired) electrons. The summed E-state index contributed by atoms with van der Waals surface area (Å²) in [7, 11) is 1.53. The zero-order valence-corrected chi connectivity index (χ0v) is 13.4. The molecular formula is C15H8INO2S. The molecule has 98 valence electrons. The third-order valence-electron chi connectivity index (χ3n) is 3.64. The smallest absolute Gasteiger partial charge is 0.261 e. The maximum absolute atomic E-state index is 12.1. The van der Waals surface area contributed by atoms with Crippen molar-refractivity contribution in [3.8, 4) is 0 Å². The first kappa shape index (κ1) is 12.3. The summed E-state index contributed by atoms with van der Waals surface area (Å²) in [6, 6.07) is 9.99. The van der Waals surface area contributed by atoms with Gasteiger partial charge in [0.1, 0.15) is 0 Å². The fraction of sp³-hybridized carbons (Fsp3) is 0.0667. The van der Waals surface area contributed by atoms with Crippen LogP contribution in [0.4, 0.5) is 0 Å². The molecule has 0 fully saturated rings. The first-order valence-electron chi connectivity index (χ1n) is 6.04. The quantitative estimate of drug-likeness (QED) is 0.430. The highest BCUT2D eigenvalue weighted by Gasteiger charge is 2.33. The van der Waals surface area contributed by atoms with Crippen LogP contribution in [0.25, 0.3) is 20.2 Å². The molecule has 0 unspecified atom stereocenters. The lowest BCUT2D eigenvalue weighted by atomic mass is 10.1.